The Hall–Kier alpha value is -3.42. The Balaban J connectivity index is 1.89. The zero-order valence-corrected chi connectivity index (χ0v) is 13.9. The SMILES string of the molecule is CCn1ccc(NC(=O)c2cc(NC(C)=O)n(-c3ccccc3)n2)n1. The molecule has 2 heterocycles. The van der Waals surface area contributed by atoms with E-state index in [1.54, 1.807) is 16.9 Å². The fourth-order valence-corrected chi connectivity index (χ4v) is 2.31. The quantitative estimate of drug-likeness (QED) is 0.746. The first kappa shape index (κ1) is 16.4. The molecule has 3 rings (SSSR count). The lowest BCUT2D eigenvalue weighted by atomic mass is 10.3. The lowest BCUT2D eigenvalue weighted by molar-refractivity contribution is -0.114. The number of benzene rings is 1. The maximum absolute atomic E-state index is 12.4. The molecule has 0 bridgehead atoms. The van der Waals surface area contributed by atoms with Crippen LogP contribution in [0.15, 0.2) is 48.7 Å². The summed E-state index contributed by atoms with van der Waals surface area (Å²) in [5.41, 5.74) is 0.916. The normalized spacial score (nSPS) is 10.5. The highest BCUT2D eigenvalue weighted by Crippen LogP contribution is 2.18. The summed E-state index contributed by atoms with van der Waals surface area (Å²) in [5.74, 6) is 0.221. The summed E-state index contributed by atoms with van der Waals surface area (Å²) in [5, 5.41) is 13.9. The largest absolute Gasteiger partial charge is 0.311 e. The van der Waals surface area contributed by atoms with Crippen LogP contribution < -0.4 is 10.6 Å². The number of anilines is 2. The third-order valence-electron chi connectivity index (χ3n) is 3.45. The monoisotopic (exact) mass is 338 g/mol. The Kier molecular flexibility index (Phi) is 4.60. The predicted octanol–water partition coefficient (Wildman–Crippen LogP) is 2.30. The van der Waals surface area contributed by atoms with E-state index in [-0.39, 0.29) is 11.6 Å². The molecule has 0 saturated carbocycles. The first-order valence-corrected chi connectivity index (χ1v) is 7.84. The number of carbonyl (C=O) groups is 2. The van der Waals surface area contributed by atoms with E-state index >= 15 is 0 Å². The molecule has 2 amide bonds. The summed E-state index contributed by atoms with van der Waals surface area (Å²) in [7, 11) is 0. The molecule has 0 spiro atoms. The van der Waals surface area contributed by atoms with Gasteiger partial charge in [0.25, 0.3) is 5.91 Å². The summed E-state index contributed by atoms with van der Waals surface area (Å²) < 4.78 is 3.22. The van der Waals surface area contributed by atoms with Gasteiger partial charge in [-0.15, -0.1) is 0 Å². The van der Waals surface area contributed by atoms with Gasteiger partial charge in [-0.25, -0.2) is 4.68 Å². The van der Waals surface area contributed by atoms with Crippen molar-refractivity contribution in [3.8, 4) is 5.69 Å². The van der Waals surface area contributed by atoms with Crippen LogP contribution in [0.5, 0.6) is 0 Å². The van der Waals surface area contributed by atoms with Gasteiger partial charge in [0.2, 0.25) is 5.91 Å². The summed E-state index contributed by atoms with van der Waals surface area (Å²) in [6, 6.07) is 12.5. The summed E-state index contributed by atoms with van der Waals surface area (Å²) in [6.45, 7) is 4.07. The molecular formula is C17H18N6O2. The molecule has 0 radical (unpaired) electrons. The number of nitrogens with one attached hydrogen (secondary N) is 2. The second-order valence-corrected chi connectivity index (χ2v) is 5.35. The molecule has 0 fully saturated rings. The van der Waals surface area contributed by atoms with Gasteiger partial charge < -0.3 is 10.6 Å². The van der Waals surface area contributed by atoms with Crippen molar-refractivity contribution in [1.82, 2.24) is 19.6 Å². The Morgan fingerprint density at radius 3 is 2.48 bits per heavy atom. The second-order valence-electron chi connectivity index (χ2n) is 5.35. The van der Waals surface area contributed by atoms with Gasteiger partial charge in [0, 0.05) is 31.8 Å². The van der Waals surface area contributed by atoms with Crippen LogP contribution in [-0.4, -0.2) is 31.4 Å². The van der Waals surface area contributed by atoms with Crippen molar-refractivity contribution >= 4 is 23.5 Å². The van der Waals surface area contributed by atoms with Crippen molar-refractivity contribution in [1.29, 1.82) is 0 Å². The van der Waals surface area contributed by atoms with Gasteiger partial charge in [-0.1, -0.05) is 18.2 Å². The number of amides is 2. The van der Waals surface area contributed by atoms with Crippen molar-refractivity contribution < 1.29 is 9.59 Å². The Morgan fingerprint density at radius 2 is 1.84 bits per heavy atom. The third-order valence-corrected chi connectivity index (χ3v) is 3.45. The van der Waals surface area contributed by atoms with Gasteiger partial charge in [0.1, 0.15) is 5.82 Å². The third kappa shape index (κ3) is 3.74. The van der Waals surface area contributed by atoms with E-state index in [1.807, 2.05) is 37.3 Å². The summed E-state index contributed by atoms with van der Waals surface area (Å²) in [4.78, 5) is 23.9. The fourth-order valence-electron chi connectivity index (χ4n) is 2.31. The molecule has 8 nitrogen and oxygen atoms in total. The standard InChI is InChI=1S/C17H18N6O2/c1-3-22-10-9-15(21-22)19-17(25)14-11-16(18-12(2)24)23(20-14)13-7-5-4-6-8-13/h4-11H,3H2,1-2H3,(H,18,24)(H,19,21,25). The highest BCUT2D eigenvalue weighted by atomic mass is 16.2. The Labute approximate surface area is 144 Å². The molecule has 25 heavy (non-hydrogen) atoms. The average molecular weight is 338 g/mol. The smallest absolute Gasteiger partial charge is 0.277 e. The van der Waals surface area contributed by atoms with Crippen molar-refractivity contribution in [3.63, 3.8) is 0 Å². The fraction of sp³-hybridized carbons (Fsp3) is 0.176. The maximum atomic E-state index is 12.4. The van der Waals surface area contributed by atoms with Crippen molar-refractivity contribution in [2.24, 2.45) is 0 Å². The molecule has 128 valence electrons. The molecule has 2 N–H and O–H groups in total. The van der Waals surface area contributed by atoms with Gasteiger partial charge >= 0.3 is 0 Å². The van der Waals surface area contributed by atoms with Gasteiger partial charge in [-0.2, -0.15) is 10.2 Å². The molecule has 8 heteroatoms. The Bertz CT molecular complexity index is 897. The minimum absolute atomic E-state index is 0.179. The highest BCUT2D eigenvalue weighted by molar-refractivity contribution is 6.03. The summed E-state index contributed by atoms with van der Waals surface area (Å²) >= 11 is 0. The van der Waals surface area contributed by atoms with Crippen LogP contribution in [0.3, 0.4) is 0 Å². The zero-order chi connectivity index (χ0) is 17.8. The van der Waals surface area contributed by atoms with E-state index in [0.717, 1.165) is 5.69 Å². The van der Waals surface area contributed by atoms with Gasteiger partial charge in [0.05, 0.1) is 5.69 Å². The minimum Gasteiger partial charge on any atom is -0.311 e. The maximum Gasteiger partial charge on any atom is 0.277 e. The molecule has 0 saturated heterocycles. The van der Waals surface area contributed by atoms with Crippen LogP contribution in [0.4, 0.5) is 11.6 Å². The number of hydrogen-bond acceptors (Lipinski definition) is 4. The summed E-state index contributed by atoms with van der Waals surface area (Å²) in [6.07, 6.45) is 1.78. The van der Waals surface area contributed by atoms with Crippen molar-refractivity contribution in [3.05, 3.63) is 54.4 Å². The number of aromatic nitrogens is 4. The number of para-hydroxylation sites is 1. The zero-order valence-electron chi connectivity index (χ0n) is 13.9. The van der Waals surface area contributed by atoms with Crippen LogP contribution >= 0.6 is 0 Å². The predicted molar refractivity (Wildman–Crippen MR) is 93.7 cm³/mol. The molecule has 1 aromatic carbocycles. The van der Waals surface area contributed by atoms with Crippen molar-refractivity contribution in [2.45, 2.75) is 20.4 Å². The number of nitrogens with zero attached hydrogens (tertiary/aromatic N) is 4. The van der Waals surface area contributed by atoms with E-state index in [1.165, 1.54) is 17.7 Å². The molecule has 0 atom stereocenters. The minimum atomic E-state index is -0.400. The molecule has 3 aromatic rings. The van der Waals surface area contributed by atoms with E-state index in [0.29, 0.717) is 18.2 Å². The van der Waals surface area contributed by atoms with Gasteiger partial charge in [-0.3, -0.25) is 14.3 Å². The first-order chi connectivity index (χ1) is 12.1. The average Bonchev–Trinajstić information content (AvgIpc) is 3.22. The molecule has 0 aliphatic carbocycles. The van der Waals surface area contributed by atoms with E-state index in [4.69, 9.17) is 0 Å². The lowest BCUT2D eigenvalue weighted by Crippen LogP contribution is -2.14. The van der Waals surface area contributed by atoms with Crippen LogP contribution in [0.2, 0.25) is 0 Å². The number of rotatable bonds is 5. The van der Waals surface area contributed by atoms with Crippen LogP contribution in [0, 0.1) is 0 Å². The second kappa shape index (κ2) is 7.00. The van der Waals surface area contributed by atoms with Crippen LogP contribution in [0.25, 0.3) is 5.69 Å². The van der Waals surface area contributed by atoms with E-state index in [9.17, 15) is 9.59 Å². The van der Waals surface area contributed by atoms with E-state index in [2.05, 4.69) is 20.8 Å². The molecule has 0 unspecified atom stereocenters. The lowest BCUT2D eigenvalue weighted by Gasteiger charge is -2.06. The van der Waals surface area contributed by atoms with Gasteiger partial charge in [-0.05, 0) is 19.1 Å². The highest BCUT2D eigenvalue weighted by Gasteiger charge is 2.17. The number of aryl methyl sites for hydroxylation is 1. The molecule has 2 aromatic heterocycles. The van der Waals surface area contributed by atoms with E-state index < -0.39 is 5.91 Å². The number of hydrogen-bond donors (Lipinski definition) is 2. The van der Waals surface area contributed by atoms with Crippen LogP contribution in [0.1, 0.15) is 24.3 Å². The van der Waals surface area contributed by atoms with Crippen molar-refractivity contribution in [2.75, 3.05) is 10.6 Å². The first-order valence-electron chi connectivity index (χ1n) is 7.84. The molecule has 0 aliphatic heterocycles. The van der Waals surface area contributed by atoms with Crippen LogP contribution in [-0.2, 0) is 11.3 Å². The number of carbonyl (C=O) groups excluding carboxylic acids is 2. The molecular weight excluding hydrogens is 320 g/mol. The topological polar surface area (TPSA) is 93.8 Å². The molecule has 0 aliphatic rings. The van der Waals surface area contributed by atoms with Gasteiger partial charge in [0.15, 0.2) is 11.5 Å². The Morgan fingerprint density at radius 1 is 1.08 bits per heavy atom.